The molecule has 6 heteroatoms. The summed E-state index contributed by atoms with van der Waals surface area (Å²) < 4.78 is 6.97. The molecule has 1 aliphatic heterocycles. The fourth-order valence-electron chi connectivity index (χ4n) is 1.33. The molecule has 1 atom stereocenters. The van der Waals surface area contributed by atoms with E-state index in [1.807, 2.05) is 0 Å². The molecule has 0 fully saturated rings. The zero-order chi connectivity index (χ0) is 9.26. The van der Waals surface area contributed by atoms with Gasteiger partial charge in [0.25, 0.3) is 0 Å². The van der Waals surface area contributed by atoms with Gasteiger partial charge in [0.15, 0.2) is 5.82 Å². The molecule has 1 aromatic rings. The van der Waals surface area contributed by atoms with Gasteiger partial charge in [0, 0.05) is 0 Å². The molecular formula is C7H12N4O2. The van der Waals surface area contributed by atoms with E-state index < -0.39 is 6.23 Å². The van der Waals surface area contributed by atoms with Gasteiger partial charge in [0.1, 0.15) is 13.0 Å². The topological polar surface area (TPSA) is 85.3 Å². The maximum absolute atomic E-state index is 8.99. The van der Waals surface area contributed by atoms with Crippen LogP contribution >= 0.6 is 0 Å². The number of fused-ring (bicyclic) bond motifs is 1. The van der Waals surface area contributed by atoms with Crippen molar-refractivity contribution >= 4 is 5.82 Å². The van der Waals surface area contributed by atoms with Crippen LogP contribution in [-0.4, -0.2) is 27.6 Å². The van der Waals surface area contributed by atoms with E-state index in [0.29, 0.717) is 19.9 Å². The summed E-state index contributed by atoms with van der Waals surface area (Å²) in [6.45, 7) is 1.33. The lowest BCUT2D eigenvalue weighted by Gasteiger charge is -2.16. The van der Waals surface area contributed by atoms with Crippen LogP contribution in [0.15, 0.2) is 6.33 Å². The number of ether oxygens (including phenoxy) is 1. The second-order valence-corrected chi connectivity index (χ2v) is 2.93. The van der Waals surface area contributed by atoms with Crippen LogP contribution in [0.1, 0.15) is 5.69 Å². The zero-order valence-corrected chi connectivity index (χ0v) is 7.10. The third kappa shape index (κ3) is 1.64. The number of rotatable bonds is 2. The lowest BCUT2D eigenvalue weighted by molar-refractivity contribution is 0.118. The zero-order valence-electron chi connectivity index (χ0n) is 7.10. The minimum absolute atomic E-state index is 0.341. The van der Waals surface area contributed by atoms with E-state index in [4.69, 9.17) is 15.6 Å². The van der Waals surface area contributed by atoms with Gasteiger partial charge in [-0.1, -0.05) is 0 Å². The molecule has 2 rings (SSSR count). The van der Waals surface area contributed by atoms with E-state index in [9.17, 15) is 0 Å². The first-order valence-electron chi connectivity index (χ1n) is 4.06. The molecule has 13 heavy (non-hydrogen) atoms. The van der Waals surface area contributed by atoms with Crippen LogP contribution in [0.5, 0.6) is 0 Å². The van der Waals surface area contributed by atoms with E-state index in [1.54, 1.807) is 10.9 Å². The minimum atomic E-state index is -0.861. The summed E-state index contributed by atoms with van der Waals surface area (Å²) in [5.74, 6) is 0.812. The highest BCUT2D eigenvalue weighted by Gasteiger charge is 2.15. The maximum Gasteiger partial charge on any atom is 0.151 e. The number of nitrogens with two attached hydrogens (primary N) is 1. The van der Waals surface area contributed by atoms with Gasteiger partial charge in [0.05, 0.1) is 25.2 Å². The van der Waals surface area contributed by atoms with Crippen LogP contribution in [0.25, 0.3) is 0 Å². The number of anilines is 1. The maximum atomic E-state index is 8.99. The van der Waals surface area contributed by atoms with Crippen molar-refractivity contribution in [2.24, 2.45) is 5.73 Å². The van der Waals surface area contributed by atoms with Gasteiger partial charge in [-0.05, 0) is 0 Å². The Morgan fingerprint density at radius 2 is 2.69 bits per heavy atom. The molecule has 0 bridgehead atoms. The number of aliphatic hydroxyl groups is 1. The highest BCUT2D eigenvalue weighted by atomic mass is 16.5. The number of imidazole rings is 1. The number of hydrogen-bond acceptors (Lipinski definition) is 5. The van der Waals surface area contributed by atoms with Crippen molar-refractivity contribution in [2.45, 2.75) is 19.4 Å². The van der Waals surface area contributed by atoms with Crippen molar-refractivity contribution < 1.29 is 9.84 Å². The average Bonchev–Trinajstić information content (AvgIpc) is 2.48. The largest absolute Gasteiger partial charge is 0.377 e. The quantitative estimate of drug-likeness (QED) is 0.516. The molecule has 1 aliphatic rings. The number of aromatic nitrogens is 2. The van der Waals surface area contributed by atoms with Crippen molar-refractivity contribution in [1.82, 2.24) is 9.55 Å². The van der Waals surface area contributed by atoms with Crippen LogP contribution in [-0.2, 0) is 17.9 Å². The first-order chi connectivity index (χ1) is 6.27. The first-order valence-corrected chi connectivity index (χ1v) is 4.06. The number of aliphatic hydroxyl groups excluding tert-OH is 1. The Kier molecular flexibility index (Phi) is 2.17. The Labute approximate surface area is 75.3 Å². The molecule has 0 radical (unpaired) electrons. The van der Waals surface area contributed by atoms with Gasteiger partial charge < -0.3 is 25.5 Å². The van der Waals surface area contributed by atoms with Gasteiger partial charge in [-0.25, -0.2) is 4.98 Å². The number of nitrogens with one attached hydrogen (secondary N) is 1. The second kappa shape index (κ2) is 3.33. The molecule has 0 saturated carbocycles. The fraction of sp³-hybridized carbons (Fsp3) is 0.571. The van der Waals surface area contributed by atoms with Gasteiger partial charge in [-0.2, -0.15) is 0 Å². The SMILES string of the molecule is N[C@@H](O)Cn1cnc2c1COCN2. The summed E-state index contributed by atoms with van der Waals surface area (Å²) >= 11 is 0. The third-order valence-electron chi connectivity index (χ3n) is 1.91. The Balaban J connectivity index is 2.21. The van der Waals surface area contributed by atoms with Gasteiger partial charge in [-0.15, -0.1) is 0 Å². The average molecular weight is 184 g/mol. The minimum Gasteiger partial charge on any atom is -0.377 e. The molecule has 4 N–H and O–H groups in total. The van der Waals surface area contributed by atoms with Gasteiger partial charge in [-0.3, -0.25) is 0 Å². The van der Waals surface area contributed by atoms with Crippen LogP contribution in [0.4, 0.5) is 5.82 Å². The molecule has 6 nitrogen and oxygen atoms in total. The smallest absolute Gasteiger partial charge is 0.151 e. The van der Waals surface area contributed by atoms with Crippen LogP contribution < -0.4 is 11.1 Å². The van der Waals surface area contributed by atoms with E-state index in [0.717, 1.165) is 11.5 Å². The highest BCUT2D eigenvalue weighted by molar-refractivity contribution is 5.41. The molecule has 0 saturated heterocycles. The van der Waals surface area contributed by atoms with Crippen molar-refractivity contribution in [2.75, 3.05) is 12.0 Å². The normalized spacial score (nSPS) is 17.7. The predicted molar refractivity (Wildman–Crippen MR) is 45.7 cm³/mol. The van der Waals surface area contributed by atoms with E-state index in [-0.39, 0.29) is 0 Å². The second-order valence-electron chi connectivity index (χ2n) is 2.93. The van der Waals surface area contributed by atoms with Crippen molar-refractivity contribution in [3.63, 3.8) is 0 Å². The third-order valence-corrected chi connectivity index (χ3v) is 1.91. The molecule has 1 aromatic heterocycles. The summed E-state index contributed by atoms with van der Waals surface area (Å²) in [7, 11) is 0. The van der Waals surface area contributed by atoms with Crippen LogP contribution in [0.2, 0.25) is 0 Å². The summed E-state index contributed by atoms with van der Waals surface area (Å²) in [5, 5.41) is 12.0. The summed E-state index contributed by atoms with van der Waals surface area (Å²) in [6.07, 6.45) is 0.780. The standard InChI is InChI=1S/C7H12N4O2/c8-6(12)1-11-3-9-7-5(11)2-13-4-10-7/h3,6,10,12H,1-2,4,8H2/t6-/m0/s1. The molecule has 0 amide bonds. The molecule has 0 unspecified atom stereocenters. The summed E-state index contributed by atoms with van der Waals surface area (Å²) in [4.78, 5) is 4.11. The van der Waals surface area contributed by atoms with E-state index >= 15 is 0 Å². The lowest BCUT2D eigenvalue weighted by atomic mass is 10.4. The van der Waals surface area contributed by atoms with Crippen LogP contribution in [0.3, 0.4) is 0 Å². The predicted octanol–water partition coefficient (Wildman–Crippen LogP) is -0.940. The Morgan fingerprint density at radius 3 is 3.46 bits per heavy atom. The molecular weight excluding hydrogens is 172 g/mol. The number of hydrogen-bond donors (Lipinski definition) is 3. The lowest BCUT2D eigenvalue weighted by Crippen LogP contribution is -2.27. The van der Waals surface area contributed by atoms with Crippen molar-refractivity contribution in [1.29, 1.82) is 0 Å². The summed E-state index contributed by atoms with van der Waals surface area (Å²) in [5.41, 5.74) is 6.19. The van der Waals surface area contributed by atoms with Crippen molar-refractivity contribution in [3.8, 4) is 0 Å². The highest BCUT2D eigenvalue weighted by Crippen LogP contribution is 2.18. The molecule has 72 valence electrons. The molecule has 0 aliphatic carbocycles. The van der Waals surface area contributed by atoms with Crippen molar-refractivity contribution in [3.05, 3.63) is 12.0 Å². The fourth-order valence-corrected chi connectivity index (χ4v) is 1.33. The molecule has 0 aromatic carbocycles. The van der Waals surface area contributed by atoms with E-state index in [2.05, 4.69) is 10.3 Å². The Hall–Kier alpha value is -1.11. The Morgan fingerprint density at radius 1 is 1.85 bits per heavy atom. The molecule has 0 spiro atoms. The van der Waals surface area contributed by atoms with Gasteiger partial charge >= 0.3 is 0 Å². The Bertz CT molecular complexity index is 297. The molecule has 2 heterocycles. The first kappa shape index (κ1) is 8.49. The monoisotopic (exact) mass is 184 g/mol. The summed E-state index contributed by atoms with van der Waals surface area (Å²) in [6, 6.07) is 0. The van der Waals surface area contributed by atoms with Gasteiger partial charge in [0.2, 0.25) is 0 Å². The number of nitrogens with zero attached hydrogens (tertiary/aromatic N) is 2. The van der Waals surface area contributed by atoms with E-state index in [1.165, 1.54) is 0 Å². The van der Waals surface area contributed by atoms with Crippen LogP contribution in [0, 0.1) is 0 Å².